The fourth-order valence-electron chi connectivity index (χ4n) is 1.99. The molecule has 0 radical (unpaired) electrons. The Labute approximate surface area is 107 Å². The van der Waals surface area contributed by atoms with Crippen molar-refractivity contribution >= 4 is 11.9 Å². The lowest BCUT2D eigenvalue weighted by atomic mass is 10.1. The first-order valence-corrected chi connectivity index (χ1v) is 6.11. The molecule has 18 heavy (non-hydrogen) atoms. The normalized spacial score (nSPS) is 10.4. The molecule has 1 aromatic rings. The number of carbonyl (C=O) groups excluding carboxylic acids is 1. The molecule has 0 unspecified atom stereocenters. The molecule has 0 saturated carbocycles. The second-order valence-corrected chi connectivity index (χ2v) is 4.27. The summed E-state index contributed by atoms with van der Waals surface area (Å²) in [7, 11) is 1.76. The van der Waals surface area contributed by atoms with Crippen molar-refractivity contribution in [3.8, 4) is 0 Å². The van der Waals surface area contributed by atoms with Crippen LogP contribution in [0.25, 0.3) is 0 Å². The van der Waals surface area contributed by atoms with Crippen molar-refractivity contribution in [2.75, 3.05) is 7.05 Å². The molecule has 0 fully saturated rings. The Bertz CT molecular complexity index is 438. The highest BCUT2D eigenvalue weighted by Crippen LogP contribution is 2.13. The minimum Gasteiger partial charge on any atom is -0.478 e. The van der Waals surface area contributed by atoms with Crippen molar-refractivity contribution < 1.29 is 14.7 Å². The van der Waals surface area contributed by atoms with Crippen LogP contribution >= 0.6 is 0 Å². The Balaban J connectivity index is 2.96. The van der Waals surface area contributed by atoms with Crippen LogP contribution in [0.15, 0.2) is 24.3 Å². The second kappa shape index (κ2) is 6.19. The smallest absolute Gasteiger partial charge is 0.335 e. The van der Waals surface area contributed by atoms with E-state index < -0.39 is 5.97 Å². The zero-order valence-corrected chi connectivity index (χ0v) is 11.0. The van der Waals surface area contributed by atoms with Crippen LogP contribution in [-0.4, -0.2) is 35.0 Å². The minimum absolute atomic E-state index is 0.133. The topological polar surface area (TPSA) is 57.6 Å². The van der Waals surface area contributed by atoms with Gasteiger partial charge in [-0.15, -0.1) is 0 Å². The van der Waals surface area contributed by atoms with Crippen molar-refractivity contribution in [1.82, 2.24) is 4.90 Å². The number of carboxylic acid groups (broad SMARTS) is 1. The van der Waals surface area contributed by atoms with Crippen molar-refractivity contribution in [3.63, 3.8) is 0 Å². The van der Waals surface area contributed by atoms with E-state index in [1.807, 2.05) is 13.8 Å². The lowest BCUT2D eigenvalue weighted by molar-refractivity contribution is 0.0697. The summed E-state index contributed by atoms with van der Waals surface area (Å²) in [5.41, 5.74) is 0.558. The fraction of sp³-hybridized carbons (Fsp3) is 0.429. The van der Waals surface area contributed by atoms with E-state index >= 15 is 0 Å². The third-order valence-electron chi connectivity index (χ3n) is 3.17. The van der Waals surface area contributed by atoms with Crippen LogP contribution in [0.2, 0.25) is 0 Å². The summed E-state index contributed by atoms with van der Waals surface area (Å²) in [5, 5.41) is 8.91. The van der Waals surface area contributed by atoms with Crippen LogP contribution in [0.4, 0.5) is 0 Å². The Morgan fingerprint density at radius 3 is 2.28 bits per heavy atom. The van der Waals surface area contributed by atoms with Gasteiger partial charge in [0.05, 0.1) is 5.56 Å². The molecule has 1 N–H and O–H groups in total. The summed E-state index contributed by atoms with van der Waals surface area (Å²) in [6.07, 6.45) is 1.77. The number of nitrogens with zero attached hydrogens (tertiary/aromatic N) is 1. The molecule has 0 aliphatic carbocycles. The first kappa shape index (κ1) is 14.2. The number of aromatic carboxylic acids is 1. The lowest BCUT2D eigenvalue weighted by Crippen LogP contribution is -2.36. The Morgan fingerprint density at radius 1 is 1.22 bits per heavy atom. The quantitative estimate of drug-likeness (QED) is 0.872. The third-order valence-corrected chi connectivity index (χ3v) is 3.17. The van der Waals surface area contributed by atoms with E-state index in [4.69, 9.17) is 5.11 Å². The zero-order valence-electron chi connectivity index (χ0n) is 11.0. The van der Waals surface area contributed by atoms with E-state index in [1.54, 1.807) is 24.1 Å². The number of benzene rings is 1. The average molecular weight is 249 g/mol. The predicted octanol–water partition coefficient (Wildman–Crippen LogP) is 2.65. The van der Waals surface area contributed by atoms with Gasteiger partial charge < -0.3 is 10.0 Å². The highest BCUT2D eigenvalue weighted by Gasteiger charge is 2.19. The molecule has 0 spiro atoms. The van der Waals surface area contributed by atoms with Gasteiger partial charge in [-0.25, -0.2) is 4.79 Å². The van der Waals surface area contributed by atoms with Gasteiger partial charge in [-0.3, -0.25) is 4.79 Å². The summed E-state index contributed by atoms with van der Waals surface area (Å²) >= 11 is 0. The largest absolute Gasteiger partial charge is 0.478 e. The van der Waals surface area contributed by atoms with Gasteiger partial charge in [0.2, 0.25) is 0 Å². The predicted molar refractivity (Wildman–Crippen MR) is 69.9 cm³/mol. The summed E-state index contributed by atoms with van der Waals surface area (Å²) in [6.45, 7) is 4.07. The van der Waals surface area contributed by atoms with Crippen LogP contribution in [0, 0.1) is 0 Å². The van der Waals surface area contributed by atoms with Crippen molar-refractivity contribution in [2.45, 2.75) is 32.7 Å². The van der Waals surface area contributed by atoms with Gasteiger partial charge in [0.1, 0.15) is 0 Å². The Morgan fingerprint density at radius 2 is 1.78 bits per heavy atom. The maximum Gasteiger partial charge on any atom is 0.335 e. The maximum absolute atomic E-state index is 12.2. The van der Waals surface area contributed by atoms with Gasteiger partial charge in [0, 0.05) is 18.7 Å². The van der Waals surface area contributed by atoms with Gasteiger partial charge in [-0.2, -0.15) is 0 Å². The minimum atomic E-state index is -1.02. The van der Waals surface area contributed by atoms with Gasteiger partial charge in [0.25, 0.3) is 5.91 Å². The van der Waals surface area contributed by atoms with E-state index in [1.165, 1.54) is 12.1 Å². The molecule has 0 heterocycles. The lowest BCUT2D eigenvalue weighted by Gasteiger charge is -2.26. The monoisotopic (exact) mass is 249 g/mol. The molecule has 98 valence electrons. The molecule has 0 bridgehead atoms. The number of amides is 1. The van der Waals surface area contributed by atoms with Crippen LogP contribution in [-0.2, 0) is 0 Å². The van der Waals surface area contributed by atoms with Crippen molar-refractivity contribution in [2.24, 2.45) is 0 Å². The Kier molecular flexibility index (Phi) is 4.89. The van der Waals surface area contributed by atoms with Gasteiger partial charge >= 0.3 is 5.97 Å². The zero-order chi connectivity index (χ0) is 13.7. The first-order chi connectivity index (χ1) is 8.51. The molecule has 0 aliphatic heterocycles. The number of hydrogen-bond donors (Lipinski definition) is 1. The van der Waals surface area contributed by atoms with E-state index in [9.17, 15) is 9.59 Å². The summed E-state index contributed by atoms with van der Waals surface area (Å²) in [6, 6.07) is 6.33. The SMILES string of the molecule is CCC(CC)N(C)C(=O)c1cccc(C(=O)O)c1. The van der Waals surface area contributed by atoms with Crippen LogP contribution < -0.4 is 0 Å². The van der Waals surface area contributed by atoms with E-state index in [0.29, 0.717) is 5.56 Å². The molecule has 4 heteroatoms. The molecule has 1 rings (SSSR count). The second-order valence-electron chi connectivity index (χ2n) is 4.27. The summed E-state index contributed by atoms with van der Waals surface area (Å²) < 4.78 is 0. The number of rotatable bonds is 5. The molecule has 0 saturated heterocycles. The summed E-state index contributed by atoms with van der Waals surface area (Å²) in [5.74, 6) is -1.15. The van der Waals surface area contributed by atoms with E-state index in [-0.39, 0.29) is 17.5 Å². The molecular formula is C14H19NO3. The summed E-state index contributed by atoms with van der Waals surface area (Å²) in [4.78, 5) is 24.8. The molecule has 1 amide bonds. The standard InChI is InChI=1S/C14H19NO3/c1-4-12(5-2)15(3)13(16)10-7-6-8-11(9-10)14(17)18/h6-9,12H,4-5H2,1-3H3,(H,17,18). The van der Waals surface area contributed by atoms with Gasteiger partial charge in [0.15, 0.2) is 0 Å². The van der Waals surface area contributed by atoms with Crippen LogP contribution in [0.5, 0.6) is 0 Å². The third kappa shape index (κ3) is 3.09. The highest BCUT2D eigenvalue weighted by atomic mass is 16.4. The average Bonchev–Trinajstić information content (AvgIpc) is 2.39. The molecule has 0 atom stereocenters. The molecule has 0 aliphatic rings. The van der Waals surface area contributed by atoms with Crippen LogP contribution in [0.1, 0.15) is 47.4 Å². The molecular weight excluding hydrogens is 230 g/mol. The fourth-order valence-corrected chi connectivity index (χ4v) is 1.99. The number of carboxylic acids is 1. The highest BCUT2D eigenvalue weighted by molar-refractivity contribution is 5.97. The molecule has 0 aromatic heterocycles. The van der Waals surface area contributed by atoms with Crippen molar-refractivity contribution in [3.05, 3.63) is 35.4 Å². The van der Waals surface area contributed by atoms with Gasteiger partial charge in [-0.1, -0.05) is 19.9 Å². The Hall–Kier alpha value is -1.84. The first-order valence-electron chi connectivity index (χ1n) is 6.11. The van der Waals surface area contributed by atoms with Gasteiger partial charge in [-0.05, 0) is 31.0 Å². The number of carbonyl (C=O) groups is 2. The molecule has 4 nitrogen and oxygen atoms in total. The van der Waals surface area contributed by atoms with Crippen molar-refractivity contribution in [1.29, 1.82) is 0 Å². The number of hydrogen-bond acceptors (Lipinski definition) is 2. The van der Waals surface area contributed by atoms with E-state index in [0.717, 1.165) is 12.8 Å². The maximum atomic E-state index is 12.2. The molecule has 1 aromatic carbocycles. The van der Waals surface area contributed by atoms with E-state index in [2.05, 4.69) is 0 Å². The van der Waals surface area contributed by atoms with Crippen LogP contribution in [0.3, 0.4) is 0 Å².